The summed E-state index contributed by atoms with van der Waals surface area (Å²) >= 11 is 1.41. The molecule has 0 radical (unpaired) electrons. The highest BCUT2D eigenvalue weighted by Crippen LogP contribution is 2.33. The van der Waals surface area contributed by atoms with Crippen LogP contribution in [0.4, 0.5) is 5.69 Å². The molecule has 0 spiro atoms. The zero-order valence-corrected chi connectivity index (χ0v) is 15.8. The normalized spacial score (nSPS) is 25.6. The van der Waals surface area contributed by atoms with E-state index >= 15 is 0 Å². The number of hydrogen-bond donors (Lipinski definition) is 5. The lowest BCUT2D eigenvalue weighted by atomic mass is 10.1. The molecule has 12 heteroatoms. The summed E-state index contributed by atoms with van der Waals surface area (Å²) in [4.78, 5) is 12.8. The van der Waals surface area contributed by atoms with Gasteiger partial charge in [0.15, 0.2) is 17.6 Å². The topological polar surface area (TPSA) is 161 Å². The standard InChI is InChI=1S/C17H19N5O6S/c23-5-11-13(24)14(25)17(28-11)21-8-20-12-15(21)18-7-19-16(12)29-6-9-1-3-10(4-2-9)22(26)27/h1-4,7-8,11,13-14,17,22-26H,5-6H2/t11-,13-,14+,17-/m1/s1. The predicted molar refractivity (Wildman–Crippen MR) is 100 cm³/mol. The number of aliphatic hydroxyl groups excluding tert-OH is 3. The van der Waals surface area contributed by atoms with Crippen molar-refractivity contribution in [3.63, 3.8) is 0 Å². The maximum atomic E-state index is 10.9. The number of ether oxygens (including phenoxy) is 1. The number of nitrogens with zero attached hydrogens (tertiary/aromatic N) is 4. The van der Waals surface area contributed by atoms with Crippen LogP contribution >= 0.6 is 11.8 Å². The van der Waals surface area contributed by atoms with Gasteiger partial charge in [0.2, 0.25) is 0 Å². The van der Waals surface area contributed by atoms with E-state index in [0.717, 1.165) is 5.56 Å². The minimum absolute atomic E-state index is 0.223. The van der Waals surface area contributed by atoms with Gasteiger partial charge in [-0.25, -0.2) is 20.2 Å². The van der Waals surface area contributed by atoms with E-state index in [1.165, 1.54) is 29.0 Å². The minimum Gasteiger partial charge on any atom is -0.595 e. The molecule has 5 atom stereocenters. The molecule has 1 unspecified atom stereocenters. The van der Waals surface area contributed by atoms with E-state index in [0.29, 0.717) is 21.9 Å². The van der Waals surface area contributed by atoms with Crippen molar-refractivity contribution < 1.29 is 30.5 Å². The molecule has 1 saturated heterocycles. The highest BCUT2D eigenvalue weighted by molar-refractivity contribution is 7.98. The van der Waals surface area contributed by atoms with Crippen LogP contribution in [0.5, 0.6) is 0 Å². The van der Waals surface area contributed by atoms with Crippen molar-refractivity contribution >= 4 is 28.6 Å². The molecule has 1 aromatic carbocycles. The number of fused-ring (bicyclic) bond motifs is 1. The molecule has 29 heavy (non-hydrogen) atoms. The Hall–Kier alpha value is -2.16. The summed E-state index contributed by atoms with van der Waals surface area (Å²) in [6.07, 6.45) is -1.45. The van der Waals surface area contributed by atoms with Gasteiger partial charge in [-0.1, -0.05) is 23.9 Å². The van der Waals surface area contributed by atoms with Gasteiger partial charge in [0.1, 0.15) is 35.2 Å². The maximum absolute atomic E-state index is 10.9. The first-order chi connectivity index (χ1) is 14.0. The molecule has 1 aliphatic heterocycles. The van der Waals surface area contributed by atoms with Gasteiger partial charge in [0.25, 0.3) is 0 Å². The van der Waals surface area contributed by atoms with Gasteiger partial charge in [-0.15, -0.1) is 0 Å². The number of hydrogen-bond acceptors (Lipinski definition) is 10. The molecule has 3 heterocycles. The second kappa shape index (κ2) is 8.30. The van der Waals surface area contributed by atoms with Crippen LogP contribution in [0.3, 0.4) is 0 Å². The summed E-state index contributed by atoms with van der Waals surface area (Å²) < 4.78 is 7.05. The van der Waals surface area contributed by atoms with Gasteiger partial charge in [0.05, 0.1) is 12.9 Å². The Kier molecular flexibility index (Phi) is 5.76. The Morgan fingerprint density at radius 3 is 2.55 bits per heavy atom. The second-order valence-electron chi connectivity index (χ2n) is 6.52. The minimum atomic E-state index is -1.23. The molecule has 0 saturated carbocycles. The Balaban J connectivity index is 1.55. The molecule has 0 amide bonds. The van der Waals surface area contributed by atoms with Crippen LogP contribution in [-0.2, 0) is 10.5 Å². The fraction of sp³-hybridized carbons (Fsp3) is 0.353. The average Bonchev–Trinajstić information content (AvgIpc) is 3.28. The maximum Gasteiger partial charge on any atom is 0.166 e. The molecule has 1 aliphatic rings. The molecular weight excluding hydrogens is 402 g/mol. The summed E-state index contributed by atoms with van der Waals surface area (Å²) in [5.41, 5.74) is 2.09. The fourth-order valence-corrected chi connectivity index (χ4v) is 4.03. The van der Waals surface area contributed by atoms with E-state index in [1.807, 2.05) is 0 Å². The number of aliphatic hydroxyl groups is 3. The summed E-state index contributed by atoms with van der Waals surface area (Å²) in [5, 5.41) is 49.0. The predicted octanol–water partition coefficient (Wildman–Crippen LogP) is -0.867. The smallest absolute Gasteiger partial charge is 0.166 e. The van der Waals surface area contributed by atoms with Gasteiger partial charge in [0, 0.05) is 17.9 Å². The SMILES string of the molecule is [O-][NH+](O)c1ccc(CSc2ncnc3c2ncn3[C@@H]2O[C@H](CO)[C@@H](O)[C@@H]2O)cc1. The number of rotatable bonds is 6. The van der Waals surface area contributed by atoms with Gasteiger partial charge >= 0.3 is 0 Å². The highest BCUT2D eigenvalue weighted by Gasteiger charge is 2.44. The third-order valence-corrected chi connectivity index (χ3v) is 5.74. The third kappa shape index (κ3) is 3.84. The van der Waals surface area contributed by atoms with Gasteiger partial charge in [-0.3, -0.25) is 4.57 Å². The van der Waals surface area contributed by atoms with Crippen molar-refractivity contribution in [2.45, 2.75) is 35.3 Å². The lowest BCUT2D eigenvalue weighted by molar-refractivity contribution is -0.991. The van der Waals surface area contributed by atoms with E-state index in [-0.39, 0.29) is 5.69 Å². The van der Waals surface area contributed by atoms with E-state index in [2.05, 4.69) is 15.0 Å². The number of quaternary nitrogens is 1. The lowest BCUT2D eigenvalue weighted by Crippen LogP contribution is -2.99. The van der Waals surface area contributed by atoms with Gasteiger partial charge in [-0.2, -0.15) is 5.23 Å². The molecule has 154 valence electrons. The van der Waals surface area contributed by atoms with E-state index in [1.54, 1.807) is 24.3 Å². The Morgan fingerprint density at radius 2 is 1.90 bits per heavy atom. The zero-order chi connectivity index (χ0) is 20.5. The first-order valence-electron chi connectivity index (χ1n) is 8.74. The van der Waals surface area contributed by atoms with Crippen LogP contribution in [0.15, 0.2) is 41.9 Å². The monoisotopic (exact) mass is 421 g/mol. The third-order valence-electron chi connectivity index (χ3n) is 4.69. The van der Waals surface area contributed by atoms with Crippen LogP contribution in [0.1, 0.15) is 11.8 Å². The molecule has 5 N–H and O–H groups in total. The molecule has 0 bridgehead atoms. The van der Waals surface area contributed by atoms with Crippen molar-refractivity contribution in [3.05, 3.63) is 47.7 Å². The van der Waals surface area contributed by atoms with E-state index < -0.39 is 36.4 Å². The van der Waals surface area contributed by atoms with Crippen molar-refractivity contribution in [2.24, 2.45) is 0 Å². The first kappa shape index (κ1) is 20.1. The number of nitrogens with one attached hydrogen (secondary N) is 1. The fourth-order valence-electron chi connectivity index (χ4n) is 3.13. The second-order valence-corrected chi connectivity index (χ2v) is 7.49. The number of imidazole rings is 1. The molecule has 4 rings (SSSR count). The number of benzene rings is 1. The summed E-state index contributed by atoms with van der Waals surface area (Å²) in [6, 6.07) is 6.58. The van der Waals surface area contributed by atoms with E-state index in [9.17, 15) is 20.5 Å². The number of thioether (sulfide) groups is 1. The van der Waals surface area contributed by atoms with E-state index in [4.69, 9.17) is 9.94 Å². The first-order valence-corrected chi connectivity index (χ1v) is 9.73. The Labute approximate surface area is 168 Å². The van der Waals surface area contributed by atoms with Crippen molar-refractivity contribution in [1.29, 1.82) is 0 Å². The quantitative estimate of drug-likeness (QED) is 0.192. The molecule has 0 aliphatic carbocycles. The Morgan fingerprint density at radius 1 is 1.14 bits per heavy atom. The van der Waals surface area contributed by atoms with Crippen LogP contribution in [0, 0.1) is 5.21 Å². The summed E-state index contributed by atoms with van der Waals surface area (Å²) in [6.45, 7) is -0.419. The van der Waals surface area contributed by atoms with Crippen LogP contribution in [0.2, 0.25) is 0 Å². The highest BCUT2D eigenvalue weighted by atomic mass is 32.2. The average molecular weight is 421 g/mol. The van der Waals surface area contributed by atoms with Gasteiger partial charge in [-0.05, 0) is 5.56 Å². The van der Waals surface area contributed by atoms with Crippen molar-refractivity contribution in [1.82, 2.24) is 19.5 Å². The molecular formula is C17H19N5O6S. The van der Waals surface area contributed by atoms with Crippen molar-refractivity contribution in [3.8, 4) is 0 Å². The van der Waals surface area contributed by atoms with Crippen molar-refractivity contribution in [2.75, 3.05) is 6.61 Å². The Bertz CT molecular complexity index is 984. The molecule has 11 nitrogen and oxygen atoms in total. The lowest BCUT2D eigenvalue weighted by Gasteiger charge is -2.16. The summed E-state index contributed by atoms with van der Waals surface area (Å²) in [5.74, 6) is 0.548. The largest absolute Gasteiger partial charge is 0.595 e. The van der Waals surface area contributed by atoms with Crippen LogP contribution < -0.4 is 5.23 Å². The molecule has 1 fully saturated rings. The van der Waals surface area contributed by atoms with Crippen LogP contribution in [0.25, 0.3) is 11.2 Å². The molecule has 3 aromatic rings. The number of aromatic nitrogens is 4. The zero-order valence-electron chi connectivity index (χ0n) is 15.0. The molecule has 2 aromatic heterocycles. The van der Waals surface area contributed by atoms with Gasteiger partial charge < -0.3 is 25.3 Å². The van der Waals surface area contributed by atoms with Crippen LogP contribution in [-0.4, -0.2) is 65.0 Å². The summed E-state index contributed by atoms with van der Waals surface area (Å²) in [7, 11) is 0.